The highest BCUT2D eigenvalue weighted by Gasteiger charge is 2.34. The zero-order valence-corrected chi connectivity index (χ0v) is 19.0. The van der Waals surface area contributed by atoms with Gasteiger partial charge in [0.05, 0.1) is 25.1 Å². The van der Waals surface area contributed by atoms with Crippen LogP contribution >= 0.6 is 8.18 Å². The van der Waals surface area contributed by atoms with Crippen LogP contribution in [0.3, 0.4) is 0 Å². The first kappa shape index (κ1) is 23.4. The molecule has 3 rings (SSSR count). The van der Waals surface area contributed by atoms with Crippen LogP contribution in [-0.4, -0.2) is 50.3 Å². The summed E-state index contributed by atoms with van der Waals surface area (Å²) >= 11 is 0. The minimum absolute atomic E-state index is 0.0129. The van der Waals surface area contributed by atoms with Gasteiger partial charge < -0.3 is 19.7 Å². The van der Waals surface area contributed by atoms with Crippen LogP contribution in [0.4, 0.5) is 5.95 Å². The van der Waals surface area contributed by atoms with Crippen molar-refractivity contribution in [2.24, 2.45) is 5.92 Å². The first-order valence-electron chi connectivity index (χ1n) is 10.2. The number of fused-ring (bicyclic) bond motifs is 1. The topological polar surface area (TPSA) is 163 Å². The van der Waals surface area contributed by atoms with Gasteiger partial charge in [0, 0.05) is 5.92 Å². The van der Waals surface area contributed by atoms with Crippen molar-refractivity contribution >= 4 is 31.3 Å². The zero-order valence-electron chi connectivity index (χ0n) is 18.0. The minimum Gasteiger partial charge on any atom is -0.462 e. The van der Waals surface area contributed by atoms with Gasteiger partial charge in [0.2, 0.25) is 5.95 Å². The van der Waals surface area contributed by atoms with Crippen molar-refractivity contribution in [1.29, 1.82) is 0 Å². The molecule has 3 heterocycles. The molecule has 12 nitrogen and oxygen atoms in total. The third-order valence-electron chi connectivity index (χ3n) is 4.89. The second-order valence-electron chi connectivity index (χ2n) is 7.91. The molecule has 0 bridgehead atoms. The Bertz CT molecular complexity index is 1010. The number of hydrogen-bond donors (Lipinski definition) is 3. The van der Waals surface area contributed by atoms with Crippen LogP contribution in [0.2, 0.25) is 0 Å². The summed E-state index contributed by atoms with van der Waals surface area (Å²) in [5.74, 6) is -0.335. The monoisotopic (exact) mass is 456 g/mol. The van der Waals surface area contributed by atoms with Crippen LogP contribution in [-0.2, 0) is 23.4 Å². The predicted octanol–water partition coefficient (Wildman–Crippen LogP) is 1.35. The van der Waals surface area contributed by atoms with Gasteiger partial charge in [-0.15, -0.1) is 0 Å². The van der Waals surface area contributed by atoms with Crippen LogP contribution in [0.5, 0.6) is 0 Å². The SMILES string of the molecule is CC(C)OC(=O)[C@@H](C)N[PH](=O)OCC[C@@H]1C[C@H](C)[C@H](n2cnc3c(=O)[nH]c(N)nc32)O1. The molecule has 0 saturated carbocycles. The maximum atomic E-state index is 12.1. The van der Waals surface area contributed by atoms with Gasteiger partial charge in [-0.25, -0.2) is 10.1 Å². The number of ether oxygens (including phenoxy) is 2. The molecule has 2 aromatic rings. The summed E-state index contributed by atoms with van der Waals surface area (Å²) in [7, 11) is -2.60. The summed E-state index contributed by atoms with van der Waals surface area (Å²) in [4.78, 5) is 34.5. The Kier molecular flexibility index (Phi) is 7.47. The third-order valence-corrected chi connectivity index (χ3v) is 6.03. The number of nitrogen functional groups attached to an aromatic ring is 1. The Balaban J connectivity index is 1.51. The van der Waals surface area contributed by atoms with Crippen molar-refractivity contribution in [3.63, 3.8) is 0 Å². The first-order chi connectivity index (χ1) is 14.7. The van der Waals surface area contributed by atoms with Crippen LogP contribution in [0.1, 0.15) is 46.8 Å². The number of rotatable bonds is 9. The maximum Gasteiger partial charge on any atom is 0.323 e. The lowest BCUT2D eigenvalue weighted by molar-refractivity contribution is -0.149. The van der Waals surface area contributed by atoms with E-state index in [2.05, 4.69) is 20.0 Å². The molecule has 1 aliphatic rings. The molecule has 0 aliphatic carbocycles. The molecule has 172 valence electrons. The summed E-state index contributed by atoms with van der Waals surface area (Å²) in [6, 6.07) is -0.724. The molecule has 1 unspecified atom stereocenters. The van der Waals surface area contributed by atoms with Gasteiger partial charge in [0.15, 0.2) is 11.2 Å². The second kappa shape index (κ2) is 9.90. The van der Waals surface area contributed by atoms with Crippen molar-refractivity contribution < 1.29 is 23.4 Å². The number of carbonyl (C=O) groups excluding carboxylic acids is 1. The molecule has 0 aromatic carbocycles. The third kappa shape index (κ3) is 5.70. The molecule has 4 N–H and O–H groups in total. The molecule has 0 amide bonds. The Morgan fingerprint density at radius 2 is 2.23 bits per heavy atom. The number of esters is 1. The highest BCUT2D eigenvalue weighted by atomic mass is 31.1. The molecule has 2 aromatic heterocycles. The summed E-state index contributed by atoms with van der Waals surface area (Å²) in [6.07, 6.45) is 2.06. The average Bonchev–Trinajstić information content (AvgIpc) is 3.24. The lowest BCUT2D eigenvalue weighted by Crippen LogP contribution is -2.32. The number of carbonyl (C=O) groups is 1. The molecule has 0 radical (unpaired) electrons. The highest BCUT2D eigenvalue weighted by Crippen LogP contribution is 2.36. The van der Waals surface area contributed by atoms with Crippen molar-refractivity contribution in [2.45, 2.75) is 65.0 Å². The minimum atomic E-state index is -2.60. The van der Waals surface area contributed by atoms with Crippen LogP contribution in [0, 0.1) is 5.92 Å². The Labute approximate surface area is 179 Å². The molecule has 1 saturated heterocycles. The lowest BCUT2D eigenvalue weighted by atomic mass is 10.0. The summed E-state index contributed by atoms with van der Waals surface area (Å²) in [5, 5.41) is 2.62. The largest absolute Gasteiger partial charge is 0.462 e. The van der Waals surface area contributed by atoms with Gasteiger partial charge in [-0.1, -0.05) is 6.92 Å². The van der Waals surface area contributed by atoms with Crippen LogP contribution < -0.4 is 16.4 Å². The fourth-order valence-electron chi connectivity index (χ4n) is 3.47. The Morgan fingerprint density at radius 1 is 1.48 bits per heavy atom. The van der Waals surface area contributed by atoms with E-state index >= 15 is 0 Å². The first-order valence-corrected chi connectivity index (χ1v) is 11.5. The normalized spacial score (nSPS) is 23.3. The van der Waals surface area contributed by atoms with Crippen molar-refractivity contribution in [1.82, 2.24) is 24.6 Å². The van der Waals surface area contributed by atoms with Gasteiger partial charge in [-0.2, -0.15) is 4.98 Å². The fraction of sp³-hybridized carbons (Fsp3) is 0.667. The molecule has 1 aliphatic heterocycles. The van der Waals surface area contributed by atoms with E-state index in [4.69, 9.17) is 19.7 Å². The van der Waals surface area contributed by atoms with Crippen molar-refractivity contribution in [3.8, 4) is 0 Å². The zero-order chi connectivity index (χ0) is 22.7. The summed E-state index contributed by atoms with van der Waals surface area (Å²) < 4.78 is 30.3. The smallest absolute Gasteiger partial charge is 0.323 e. The number of aromatic amines is 1. The lowest BCUT2D eigenvalue weighted by Gasteiger charge is -2.18. The highest BCUT2D eigenvalue weighted by molar-refractivity contribution is 7.36. The van der Waals surface area contributed by atoms with E-state index in [1.165, 1.54) is 6.33 Å². The standard InChI is InChI=1S/C18H29N6O6P/c1-9(2)29-17(26)11(4)23-31(27)28-6-5-12-7-10(3)16(30-12)24-8-20-13-14(24)21-18(19)22-15(13)25/h8-12,16,31H,5-7H2,1-4H3,(H,23,27)(H3,19,21,22,25)/t10-,11+,12+,16+/m0/s1. The Hall–Kier alpha value is -2.27. The number of anilines is 1. The van der Waals surface area contributed by atoms with E-state index in [0.29, 0.717) is 12.1 Å². The molecular formula is C18H29N6O6P. The molecular weight excluding hydrogens is 427 g/mol. The van der Waals surface area contributed by atoms with E-state index in [0.717, 1.165) is 6.42 Å². The Morgan fingerprint density at radius 3 is 2.94 bits per heavy atom. The van der Waals surface area contributed by atoms with E-state index < -0.39 is 25.7 Å². The fourth-order valence-corrected chi connectivity index (χ4v) is 4.33. The number of H-pyrrole nitrogens is 1. The van der Waals surface area contributed by atoms with Crippen LogP contribution in [0.25, 0.3) is 11.2 Å². The summed E-state index contributed by atoms with van der Waals surface area (Å²) in [5.41, 5.74) is 5.82. The summed E-state index contributed by atoms with van der Waals surface area (Å²) in [6.45, 7) is 7.30. The van der Waals surface area contributed by atoms with E-state index in [9.17, 15) is 14.2 Å². The molecule has 5 atom stereocenters. The number of aromatic nitrogens is 4. The van der Waals surface area contributed by atoms with Crippen LogP contribution in [0.15, 0.2) is 11.1 Å². The quantitative estimate of drug-likeness (QED) is 0.371. The molecule has 1 fully saturated rings. The predicted molar refractivity (Wildman–Crippen MR) is 114 cm³/mol. The van der Waals surface area contributed by atoms with Gasteiger partial charge in [-0.3, -0.25) is 23.7 Å². The van der Waals surface area contributed by atoms with Gasteiger partial charge in [0.1, 0.15) is 12.3 Å². The van der Waals surface area contributed by atoms with Crippen molar-refractivity contribution in [2.75, 3.05) is 12.3 Å². The number of nitrogens with one attached hydrogen (secondary N) is 2. The van der Waals surface area contributed by atoms with Crippen molar-refractivity contribution in [3.05, 3.63) is 16.7 Å². The van der Waals surface area contributed by atoms with E-state index in [-0.39, 0.29) is 42.4 Å². The number of nitrogens with two attached hydrogens (primary N) is 1. The number of nitrogens with zero attached hydrogens (tertiary/aromatic N) is 3. The van der Waals surface area contributed by atoms with Gasteiger partial charge in [0.25, 0.3) is 13.7 Å². The molecule has 13 heteroatoms. The molecule has 0 spiro atoms. The second-order valence-corrected chi connectivity index (χ2v) is 9.07. The van der Waals surface area contributed by atoms with E-state index in [1.807, 2.05) is 6.92 Å². The number of imidazole rings is 1. The number of hydrogen-bond acceptors (Lipinski definition) is 9. The van der Waals surface area contributed by atoms with E-state index in [1.54, 1.807) is 25.3 Å². The van der Waals surface area contributed by atoms with Gasteiger partial charge >= 0.3 is 5.97 Å². The van der Waals surface area contributed by atoms with Gasteiger partial charge in [-0.05, 0) is 33.6 Å². The average molecular weight is 456 g/mol. The maximum absolute atomic E-state index is 12.1. The molecule has 31 heavy (non-hydrogen) atoms.